The number of nitrogens with one attached hydrogen (secondary N) is 1. The van der Waals surface area contributed by atoms with E-state index in [0.717, 1.165) is 18.4 Å². The summed E-state index contributed by atoms with van der Waals surface area (Å²) in [6.45, 7) is 5.27. The van der Waals surface area contributed by atoms with Crippen molar-refractivity contribution in [2.45, 2.75) is 52.2 Å². The zero-order chi connectivity index (χ0) is 15.2. The molecule has 5 nitrogen and oxygen atoms in total. The molecule has 1 fully saturated rings. The highest BCUT2D eigenvalue weighted by atomic mass is 16.6. The molecule has 1 aliphatic rings. The molecule has 0 bridgehead atoms. The van der Waals surface area contributed by atoms with Crippen molar-refractivity contribution in [2.75, 3.05) is 11.9 Å². The molecule has 0 aromatic heterocycles. The first-order valence-electron chi connectivity index (χ1n) is 7.73. The van der Waals surface area contributed by atoms with Gasteiger partial charge in [0.1, 0.15) is 5.69 Å². The van der Waals surface area contributed by atoms with Crippen LogP contribution in [0.5, 0.6) is 0 Å². The van der Waals surface area contributed by atoms with Crippen molar-refractivity contribution in [3.8, 4) is 0 Å². The second-order valence-corrected chi connectivity index (χ2v) is 5.80. The lowest BCUT2D eigenvalue weighted by Crippen LogP contribution is -2.21. The van der Waals surface area contributed by atoms with Gasteiger partial charge in [-0.25, -0.2) is 0 Å². The van der Waals surface area contributed by atoms with Crippen LogP contribution in [-0.2, 0) is 11.3 Å². The van der Waals surface area contributed by atoms with E-state index in [1.54, 1.807) is 6.07 Å². The molecule has 1 aliphatic carbocycles. The fourth-order valence-electron chi connectivity index (χ4n) is 2.98. The van der Waals surface area contributed by atoms with Crippen molar-refractivity contribution in [1.29, 1.82) is 0 Å². The minimum absolute atomic E-state index is 0.120. The maximum absolute atomic E-state index is 11.1. The first-order chi connectivity index (χ1) is 10.1. The Morgan fingerprint density at radius 3 is 2.90 bits per heavy atom. The van der Waals surface area contributed by atoms with E-state index in [4.69, 9.17) is 4.74 Å². The molecule has 1 saturated carbocycles. The van der Waals surface area contributed by atoms with Crippen molar-refractivity contribution in [3.05, 3.63) is 33.9 Å². The molecule has 0 amide bonds. The monoisotopic (exact) mass is 292 g/mol. The number of nitro groups is 1. The van der Waals surface area contributed by atoms with Gasteiger partial charge in [0.25, 0.3) is 5.69 Å². The molecule has 1 aromatic carbocycles. The van der Waals surface area contributed by atoms with Gasteiger partial charge in [-0.1, -0.05) is 31.9 Å². The van der Waals surface area contributed by atoms with Gasteiger partial charge in [0.05, 0.1) is 17.6 Å². The maximum Gasteiger partial charge on any atom is 0.292 e. The molecule has 2 unspecified atom stereocenters. The molecule has 2 rings (SSSR count). The van der Waals surface area contributed by atoms with E-state index >= 15 is 0 Å². The van der Waals surface area contributed by atoms with Crippen molar-refractivity contribution in [3.63, 3.8) is 0 Å². The summed E-state index contributed by atoms with van der Waals surface area (Å²) in [7, 11) is 0. The smallest absolute Gasteiger partial charge is 0.292 e. The predicted octanol–water partition coefficient (Wildman–Crippen LogP) is 4.12. The third-order valence-corrected chi connectivity index (χ3v) is 4.04. The molecule has 0 saturated heterocycles. The molecule has 0 aliphatic heterocycles. The summed E-state index contributed by atoms with van der Waals surface area (Å²) in [5.74, 6) is 0.710. The molecule has 5 heteroatoms. The highest BCUT2D eigenvalue weighted by Crippen LogP contribution is 2.31. The van der Waals surface area contributed by atoms with Gasteiger partial charge >= 0.3 is 0 Å². The van der Waals surface area contributed by atoms with E-state index in [1.165, 1.54) is 18.9 Å². The predicted molar refractivity (Wildman–Crippen MR) is 83.5 cm³/mol. The van der Waals surface area contributed by atoms with Gasteiger partial charge in [-0.15, -0.1) is 0 Å². The van der Waals surface area contributed by atoms with E-state index < -0.39 is 0 Å². The van der Waals surface area contributed by atoms with E-state index in [9.17, 15) is 10.1 Å². The molecule has 0 heterocycles. The summed E-state index contributed by atoms with van der Waals surface area (Å²) in [5, 5.41) is 14.2. The van der Waals surface area contributed by atoms with Crippen molar-refractivity contribution in [2.24, 2.45) is 5.92 Å². The van der Waals surface area contributed by atoms with Gasteiger partial charge in [0.2, 0.25) is 0 Å². The fourth-order valence-corrected chi connectivity index (χ4v) is 2.98. The zero-order valence-electron chi connectivity index (χ0n) is 12.8. The summed E-state index contributed by atoms with van der Waals surface area (Å²) in [6, 6.07) is 5.16. The number of nitrogens with zero attached hydrogens (tertiary/aromatic N) is 1. The van der Waals surface area contributed by atoms with Crippen molar-refractivity contribution in [1.82, 2.24) is 0 Å². The zero-order valence-corrected chi connectivity index (χ0v) is 12.8. The minimum atomic E-state index is -0.343. The lowest BCUT2D eigenvalue weighted by Gasteiger charge is -2.27. The Hall–Kier alpha value is -1.62. The first-order valence-corrected chi connectivity index (χ1v) is 7.73. The quantitative estimate of drug-likeness (QED) is 0.632. The van der Waals surface area contributed by atoms with Gasteiger partial charge in [0.15, 0.2) is 0 Å². The van der Waals surface area contributed by atoms with Gasteiger partial charge in [-0.2, -0.15) is 0 Å². The summed E-state index contributed by atoms with van der Waals surface area (Å²) in [4.78, 5) is 10.8. The van der Waals surface area contributed by atoms with Crippen LogP contribution in [0.2, 0.25) is 0 Å². The van der Waals surface area contributed by atoms with E-state index in [1.807, 2.05) is 13.0 Å². The number of benzene rings is 1. The normalized spacial score (nSPS) is 22.0. The molecule has 1 N–H and O–H groups in total. The van der Waals surface area contributed by atoms with Crippen LogP contribution < -0.4 is 5.32 Å². The largest absolute Gasteiger partial charge is 0.379 e. The number of para-hydroxylation sites is 1. The molecule has 21 heavy (non-hydrogen) atoms. The lowest BCUT2D eigenvalue weighted by atomic mass is 9.89. The highest BCUT2D eigenvalue weighted by Gasteiger charge is 2.21. The Labute approximate surface area is 125 Å². The van der Waals surface area contributed by atoms with Gasteiger partial charge < -0.3 is 10.1 Å². The summed E-state index contributed by atoms with van der Waals surface area (Å²) in [6.07, 6.45) is 4.95. The fraction of sp³-hybridized carbons (Fsp3) is 0.625. The average molecular weight is 292 g/mol. The van der Waals surface area contributed by atoms with Crippen LogP contribution in [0.3, 0.4) is 0 Å². The lowest BCUT2D eigenvalue weighted by molar-refractivity contribution is -0.384. The first kappa shape index (κ1) is 15.8. The summed E-state index contributed by atoms with van der Waals surface area (Å²) in [5.41, 5.74) is 1.58. The minimum Gasteiger partial charge on any atom is -0.379 e. The molecule has 2 atom stereocenters. The third-order valence-electron chi connectivity index (χ3n) is 4.04. The Morgan fingerprint density at radius 2 is 2.24 bits per heavy atom. The molecular formula is C16H24N2O3. The number of nitro benzene ring substituents is 1. The summed E-state index contributed by atoms with van der Waals surface area (Å²) < 4.78 is 6.00. The van der Waals surface area contributed by atoms with Crippen molar-refractivity contribution < 1.29 is 9.66 Å². The third kappa shape index (κ3) is 4.17. The molecule has 116 valence electrons. The number of anilines is 1. The van der Waals surface area contributed by atoms with E-state index in [2.05, 4.69) is 12.2 Å². The number of rotatable bonds is 6. The van der Waals surface area contributed by atoms with Crippen LogP contribution in [0, 0.1) is 16.0 Å². The summed E-state index contributed by atoms with van der Waals surface area (Å²) >= 11 is 0. The SMILES string of the molecule is CCNc1c(COC2CCCC(C)C2)cccc1[N+](=O)[O-]. The van der Waals surface area contributed by atoms with Crippen molar-refractivity contribution >= 4 is 11.4 Å². The molecule has 0 radical (unpaired) electrons. The Kier molecular flexibility index (Phi) is 5.56. The van der Waals surface area contributed by atoms with Crippen LogP contribution in [0.25, 0.3) is 0 Å². The van der Waals surface area contributed by atoms with Crippen LogP contribution in [0.4, 0.5) is 11.4 Å². The highest BCUT2D eigenvalue weighted by molar-refractivity contribution is 5.66. The Morgan fingerprint density at radius 1 is 1.43 bits per heavy atom. The van der Waals surface area contributed by atoms with Gasteiger partial charge in [0, 0.05) is 18.2 Å². The maximum atomic E-state index is 11.1. The Bertz CT molecular complexity index is 490. The van der Waals surface area contributed by atoms with Crippen LogP contribution in [0.1, 0.15) is 45.1 Å². The van der Waals surface area contributed by atoms with E-state index in [0.29, 0.717) is 24.8 Å². The van der Waals surface area contributed by atoms with Crippen LogP contribution in [0.15, 0.2) is 18.2 Å². The second kappa shape index (κ2) is 7.41. The van der Waals surface area contributed by atoms with Gasteiger partial charge in [-0.3, -0.25) is 10.1 Å². The van der Waals surface area contributed by atoms with E-state index in [-0.39, 0.29) is 16.7 Å². The molecule has 1 aromatic rings. The average Bonchev–Trinajstić information content (AvgIpc) is 2.46. The van der Waals surface area contributed by atoms with Crippen LogP contribution >= 0.6 is 0 Å². The topological polar surface area (TPSA) is 64.4 Å². The molecule has 0 spiro atoms. The number of ether oxygens (including phenoxy) is 1. The molecular weight excluding hydrogens is 268 g/mol. The second-order valence-electron chi connectivity index (χ2n) is 5.80. The number of hydrogen-bond acceptors (Lipinski definition) is 4. The van der Waals surface area contributed by atoms with Crippen LogP contribution in [-0.4, -0.2) is 17.6 Å². The standard InChI is InChI=1S/C16H24N2O3/c1-3-17-16-13(7-5-9-15(16)18(19)20)11-21-14-8-4-6-12(2)10-14/h5,7,9,12,14,17H,3-4,6,8,10-11H2,1-2H3. The number of hydrogen-bond donors (Lipinski definition) is 1. The van der Waals surface area contributed by atoms with Gasteiger partial charge in [-0.05, 0) is 25.7 Å². The Balaban J connectivity index is 2.08.